The van der Waals surface area contributed by atoms with Gasteiger partial charge in [-0.25, -0.2) is 12.8 Å². The van der Waals surface area contributed by atoms with Crippen molar-refractivity contribution < 1.29 is 17.5 Å². The van der Waals surface area contributed by atoms with Crippen molar-refractivity contribution in [2.75, 3.05) is 11.3 Å². The number of nitrogens with one attached hydrogen (secondary N) is 1. The molecule has 5 nitrogen and oxygen atoms in total. The molecule has 0 aliphatic carbocycles. The third-order valence-corrected chi connectivity index (χ3v) is 4.17. The summed E-state index contributed by atoms with van der Waals surface area (Å²) < 4.78 is 45.6. The number of benzene rings is 2. The van der Waals surface area contributed by atoms with E-state index >= 15 is 0 Å². The Labute approximate surface area is 128 Å². The summed E-state index contributed by atoms with van der Waals surface area (Å²) in [5, 5.41) is 8.96. The Hall–Kier alpha value is -2.59. The molecule has 2 aromatic carbocycles. The van der Waals surface area contributed by atoms with Crippen LogP contribution in [0.3, 0.4) is 0 Å². The maximum Gasteiger partial charge on any atom is 0.262 e. The Balaban J connectivity index is 2.35. The maximum absolute atomic E-state index is 13.8. The van der Waals surface area contributed by atoms with Crippen molar-refractivity contribution in [2.24, 2.45) is 0 Å². The zero-order chi connectivity index (χ0) is 16.2. The van der Waals surface area contributed by atoms with Crippen LogP contribution in [0.5, 0.6) is 5.75 Å². The second kappa shape index (κ2) is 6.45. The Bertz CT molecular complexity index is 829. The van der Waals surface area contributed by atoms with Gasteiger partial charge in [-0.15, -0.1) is 0 Å². The molecule has 0 aliphatic heterocycles. The van der Waals surface area contributed by atoms with Crippen LogP contribution in [0, 0.1) is 17.1 Å². The lowest BCUT2D eigenvalue weighted by molar-refractivity contribution is 0.321. The van der Waals surface area contributed by atoms with Crippen molar-refractivity contribution in [3.05, 3.63) is 53.8 Å². The fourth-order valence-electron chi connectivity index (χ4n) is 1.79. The molecular formula is C15H13FN2O3S. The van der Waals surface area contributed by atoms with Gasteiger partial charge in [0.2, 0.25) is 0 Å². The third kappa shape index (κ3) is 3.35. The number of sulfonamides is 1. The van der Waals surface area contributed by atoms with Gasteiger partial charge in [0.15, 0.2) is 11.6 Å². The van der Waals surface area contributed by atoms with E-state index in [0.717, 1.165) is 6.07 Å². The smallest absolute Gasteiger partial charge is 0.262 e. The van der Waals surface area contributed by atoms with Crippen molar-refractivity contribution in [1.29, 1.82) is 5.26 Å². The number of halogens is 1. The molecule has 0 saturated carbocycles. The predicted molar refractivity (Wildman–Crippen MR) is 79.5 cm³/mol. The van der Waals surface area contributed by atoms with Crippen LogP contribution >= 0.6 is 0 Å². The number of anilines is 1. The molecule has 0 atom stereocenters. The molecule has 0 radical (unpaired) electrons. The molecule has 114 valence electrons. The summed E-state index contributed by atoms with van der Waals surface area (Å²) in [6.07, 6.45) is 0. The standard InChI is InChI=1S/C15H13FN2O3S/c1-2-21-15-8-7-12(9-13(15)16)22(19,20)18-14-6-4-3-5-11(14)10-17/h3-9,18H,2H2,1H3. The van der Waals surface area contributed by atoms with E-state index in [0.29, 0.717) is 0 Å². The Morgan fingerprint density at radius 3 is 2.64 bits per heavy atom. The van der Waals surface area contributed by atoms with Gasteiger partial charge in [0.25, 0.3) is 10.0 Å². The first-order chi connectivity index (χ1) is 10.5. The Kier molecular flexibility index (Phi) is 4.63. The average Bonchev–Trinajstić information content (AvgIpc) is 2.49. The van der Waals surface area contributed by atoms with E-state index in [1.165, 1.54) is 24.3 Å². The highest BCUT2D eigenvalue weighted by Crippen LogP contribution is 2.24. The van der Waals surface area contributed by atoms with Gasteiger partial charge in [0, 0.05) is 0 Å². The van der Waals surface area contributed by atoms with Crippen molar-refractivity contribution in [2.45, 2.75) is 11.8 Å². The largest absolute Gasteiger partial charge is 0.491 e. The molecular weight excluding hydrogens is 307 g/mol. The minimum absolute atomic E-state index is 0.0149. The van der Waals surface area contributed by atoms with E-state index in [9.17, 15) is 12.8 Å². The lowest BCUT2D eigenvalue weighted by Crippen LogP contribution is -2.14. The molecule has 1 N–H and O–H groups in total. The fraction of sp³-hybridized carbons (Fsp3) is 0.133. The van der Waals surface area contributed by atoms with Gasteiger partial charge in [0.05, 0.1) is 22.8 Å². The van der Waals surface area contributed by atoms with Crippen molar-refractivity contribution in [3.8, 4) is 11.8 Å². The highest BCUT2D eigenvalue weighted by Gasteiger charge is 2.18. The first kappa shape index (κ1) is 15.8. The molecule has 22 heavy (non-hydrogen) atoms. The monoisotopic (exact) mass is 320 g/mol. The van der Waals surface area contributed by atoms with Crippen molar-refractivity contribution in [3.63, 3.8) is 0 Å². The average molecular weight is 320 g/mol. The molecule has 0 saturated heterocycles. The second-order valence-corrected chi connectivity index (χ2v) is 5.97. The third-order valence-electron chi connectivity index (χ3n) is 2.81. The zero-order valence-electron chi connectivity index (χ0n) is 11.7. The maximum atomic E-state index is 13.8. The fourth-order valence-corrected chi connectivity index (χ4v) is 2.89. The number of hydrogen-bond donors (Lipinski definition) is 1. The van der Waals surface area contributed by atoms with Crippen molar-refractivity contribution in [1.82, 2.24) is 0 Å². The van der Waals surface area contributed by atoms with Crippen LogP contribution in [-0.2, 0) is 10.0 Å². The van der Waals surface area contributed by atoms with Gasteiger partial charge in [-0.1, -0.05) is 12.1 Å². The SMILES string of the molecule is CCOc1ccc(S(=O)(=O)Nc2ccccc2C#N)cc1F. The minimum Gasteiger partial charge on any atom is -0.491 e. The van der Waals surface area contributed by atoms with Crippen LogP contribution in [0.4, 0.5) is 10.1 Å². The molecule has 2 rings (SSSR count). The van der Waals surface area contributed by atoms with Crippen LogP contribution in [0.2, 0.25) is 0 Å². The van der Waals surface area contributed by atoms with Gasteiger partial charge in [0.1, 0.15) is 6.07 Å². The number of para-hydroxylation sites is 1. The van der Waals surface area contributed by atoms with Gasteiger partial charge in [-0.2, -0.15) is 5.26 Å². The summed E-state index contributed by atoms with van der Waals surface area (Å²) in [5.41, 5.74) is 0.316. The number of ether oxygens (including phenoxy) is 1. The molecule has 0 aromatic heterocycles. The quantitative estimate of drug-likeness (QED) is 0.918. The summed E-state index contributed by atoms with van der Waals surface area (Å²) in [6.45, 7) is 1.97. The van der Waals surface area contributed by atoms with Crippen molar-refractivity contribution >= 4 is 15.7 Å². The number of rotatable bonds is 5. The van der Waals surface area contributed by atoms with Gasteiger partial charge >= 0.3 is 0 Å². The topological polar surface area (TPSA) is 79.2 Å². The molecule has 0 spiro atoms. The molecule has 0 unspecified atom stereocenters. The normalized spacial score (nSPS) is 10.8. The van der Waals surface area contributed by atoms with E-state index in [1.807, 2.05) is 6.07 Å². The first-order valence-electron chi connectivity index (χ1n) is 6.42. The van der Waals surface area contributed by atoms with Crippen LogP contribution < -0.4 is 9.46 Å². The molecule has 0 bridgehead atoms. The van der Waals surface area contributed by atoms with E-state index in [2.05, 4.69) is 4.72 Å². The molecule has 7 heteroatoms. The van der Waals surface area contributed by atoms with Crippen LogP contribution in [-0.4, -0.2) is 15.0 Å². The highest BCUT2D eigenvalue weighted by atomic mass is 32.2. The van der Waals surface area contributed by atoms with Crippen LogP contribution in [0.15, 0.2) is 47.4 Å². The van der Waals surface area contributed by atoms with Gasteiger partial charge in [-0.3, -0.25) is 4.72 Å². The zero-order valence-corrected chi connectivity index (χ0v) is 12.5. The summed E-state index contributed by atoms with van der Waals surface area (Å²) >= 11 is 0. The lowest BCUT2D eigenvalue weighted by atomic mass is 10.2. The van der Waals surface area contributed by atoms with E-state index in [1.54, 1.807) is 19.1 Å². The lowest BCUT2D eigenvalue weighted by Gasteiger charge is -2.10. The van der Waals surface area contributed by atoms with E-state index in [4.69, 9.17) is 10.00 Å². The Morgan fingerprint density at radius 1 is 1.27 bits per heavy atom. The minimum atomic E-state index is -4.00. The molecule has 0 amide bonds. The summed E-state index contributed by atoms with van der Waals surface area (Å²) in [7, 11) is -4.00. The number of hydrogen-bond acceptors (Lipinski definition) is 4. The van der Waals surface area contributed by atoms with Crippen LogP contribution in [0.25, 0.3) is 0 Å². The summed E-state index contributed by atoms with van der Waals surface area (Å²) in [4.78, 5) is -0.249. The first-order valence-corrected chi connectivity index (χ1v) is 7.90. The van der Waals surface area contributed by atoms with E-state index in [-0.39, 0.29) is 28.5 Å². The summed E-state index contributed by atoms with van der Waals surface area (Å²) in [6, 6.07) is 11.4. The number of nitrogens with zero attached hydrogens (tertiary/aromatic N) is 1. The second-order valence-electron chi connectivity index (χ2n) is 4.29. The molecule has 0 aliphatic rings. The highest BCUT2D eigenvalue weighted by molar-refractivity contribution is 7.92. The molecule has 0 heterocycles. The Morgan fingerprint density at radius 2 is 2.00 bits per heavy atom. The van der Waals surface area contributed by atoms with Crippen LogP contribution in [0.1, 0.15) is 12.5 Å². The van der Waals surface area contributed by atoms with Gasteiger partial charge in [-0.05, 0) is 37.3 Å². The number of nitriles is 1. The molecule has 0 fully saturated rings. The van der Waals surface area contributed by atoms with Gasteiger partial charge < -0.3 is 4.74 Å². The predicted octanol–water partition coefficient (Wildman–Crippen LogP) is 2.90. The van der Waals surface area contributed by atoms with E-state index < -0.39 is 15.8 Å². The summed E-state index contributed by atoms with van der Waals surface area (Å²) in [5.74, 6) is -0.780. The molecule has 2 aromatic rings.